The summed E-state index contributed by atoms with van der Waals surface area (Å²) in [7, 11) is 1.48. The second-order valence-corrected chi connectivity index (χ2v) is 9.34. The van der Waals surface area contributed by atoms with Gasteiger partial charge in [0.15, 0.2) is 11.5 Å². The Hall–Kier alpha value is -4.40. The Morgan fingerprint density at radius 2 is 1.94 bits per heavy atom. The number of anilines is 2. The first-order valence-electron chi connectivity index (χ1n) is 11.5. The summed E-state index contributed by atoms with van der Waals surface area (Å²) in [6, 6.07) is 7.13. The number of piperidine rings is 1. The zero-order valence-corrected chi connectivity index (χ0v) is 20.6. The minimum atomic E-state index is -0.727. The number of pyridine rings is 1. The van der Waals surface area contributed by atoms with Crippen LogP contribution in [0.5, 0.6) is 5.88 Å². The highest BCUT2D eigenvalue weighted by molar-refractivity contribution is 6.07. The van der Waals surface area contributed by atoms with Crippen LogP contribution in [0.1, 0.15) is 49.5 Å². The van der Waals surface area contributed by atoms with Crippen molar-refractivity contribution in [1.82, 2.24) is 24.9 Å². The number of fused-ring (bicyclic) bond motifs is 1. The van der Waals surface area contributed by atoms with Crippen molar-refractivity contribution >= 4 is 29.3 Å². The minimum Gasteiger partial charge on any atom is -0.481 e. The molecule has 0 aromatic carbocycles. The van der Waals surface area contributed by atoms with Crippen LogP contribution in [-0.4, -0.2) is 63.4 Å². The normalized spacial score (nSPS) is 14.2. The van der Waals surface area contributed by atoms with E-state index in [1.165, 1.54) is 11.6 Å². The lowest BCUT2D eigenvalue weighted by molar-refractivity contribution is 0.0635. The van der Waals surface area contributed by atoms with Crippen LogP contribution in [0.2, 0.25) is 0 Å². The zero-order valence-electron chi connectivity index (χ0n) is 20.6. The lowest BCUT2D eigenvalue weighted by Crippen LogP contribution is -2.45. The number of rotatable bonds is 5. The first-order valence-corrected chi connectivity index (χ1v) is 11.5. The van der Waals surface area contributed by atoms with Gasteiger partial charge in [0.1, 0.15) is 23.1 Å². The molecule has 188 valence electrons. The Morgan fingerprint density at radius 3 is 2.56 bits per heavy atom. The number of carbonyl (C=O) groups is 2. The van der Waals surface area contributed by atoms with Crippen molar-refractivity contribution in [3.8, 4) is 11.9 Å². The van der Waals surface area contributed by atoms with E-state index < -0.39 is 17.6 Å². The molecule has 0 saturated carbocycles. The maximum Gasteiger partial charge on any atom is 0.413 e. The van der Waals surface area contributed by atoms with E-state index in [9.17, 15) is 9.59 Å². The van der Waals surface area contributed by atoms with E-state index in [-0.39, 0.29) is 23.1 Å². The van der Waals surface area contributed by atoms with Crippen molar-refractivity contribution in [2.75, 3.05) is 30.4 Å². The molecule has 2 amide bonds. The van der Waals surface area contributed by atoms with Crippen LogP contribution in [0.25, 0.3) is 5.65 Å². The van der Waals surface area contributed by atoms with Gasteiger partial charge in [-0.15, -0.1) is 5.10 Å². The maximum atomic E-state index is 13.4. The molecule has 0 unspecified atom stereocenters. The van der Waals surface area contributed by atoms with Gasteiger partial charge in [-0.1, -0.05) is 0 Å². The number of amides is 2. The fourth-order valence-corrected chi connectivity index (χ4v) is 3.87. The SMILES string of the molecule is COc1ccn2nc(NC(=O)OC(C)(C)C)c(C(=O)NC3CCN(c4ccc(C#N)cn4)CC3)c2n1. The molecule has 12 heteroatoms. The molecule has 12 nitrogen and oxygen atoms in total. The standard InChI is InChI=1S/C24H28N8O4/c1-24(2,3)36-23(34)29-20-19(21-28-18(35-4)9-12-32(21)30-20)22(33)27-16-7-10-31(11-8-16)17-6-5-15(13-25)14-26-17/h5-6,9,12,14,16H,7-8,10-11H2,1-4H3,(H,27,33)(H,29,30,34). The first-order chi connectivity index (χ1) is 17.2. The van der Waals surface area contributed by atoms with Crippen LogP contribution in [0.15, 0.2) is 30.6 Å². The summed E-state index contributed by atoms with van der Waals surface area (Å²) < 4.78 is 11.9. The van der Waals surface area contributed by atoms with Crippen molar-refractivity contribution in [3.05, 3.63) is 41.7 Å². The van der Waals surface area contributed by atoms with Crippen LogP contribution < -0.4 is 20.3 Å². The van der Waals surface area contributed by atoms with Crippen LogP contribution >= 0.6 is 0 Å². The van der Waals surface area contributed by atoms with Gasteiger partial charge in [0.05, 0.1) is 12.7 Å². The fraction of sp³-hybridized carbons (Fsp3) is 0.417. The molecule has 4 heterocycles. The number of nitriles is 1. The van der Waals surface area contributed by atoms with E-state index in [0.29, 0.717) is 37.4 Å². The van der Waals surface area contributed by atoms with Crippen molar-refractivity contribution in [1.29, 1.82) is 5.26 Å². The summed E-state index contributed by atoms with van der Waals surface area (Å²) in [5.41, 5.74) is 0.161. The highest BCUT2D eigenvalue weighted by atomic mass is 16.6. The molecule has 2 N–H and O–H groups in total. The predicted octanol–water partition coefficient (Wildman–Crippen LogP) is 2.75. The Labute approximate surface area is 208 Å². The lowest BCUT2D eigenvalue weighted by Gasteiger charge is -2.33. The van der Waals surface area contributed by atoms with Gasteiger partial charge in [-0.25, -0.2) is 14.3 Å². The molecule has 1 aliphatic rings. The molecule has 3 aromatic rings. The van der Waals surface area contributed by atoms with E-state index >= 15 is 0 Å². The van der Waals surface area contributed by atoms with E-state index in [4.69, 9.17) is 14.7 Å². The number of ether oxygens (including phenoxy) is 2. The highest BCUT2D eigenvalue weighted by Crippen LogP contribution is 2.24. The largest absolute Gasteiger partial charge is 0.481 e. The Morgan fingerprint density at radius 1 is 1.19 bits per heavy atom. The van der Waals surface area contributed by atoms with Crippen molar-refractivity contribution in [3.63, 3.8) is 0 Å². The smallest absolute Gasteiger partial charge is 0.413 e. The third kappa shape index (κ3) is 5.63. The molecule has 0 bridgehead atoms. The number of methoxy groups -OCH3 is 1. The molecule has 0 aliphatic carbocycles. The molecule has 36 heavy (non-hydrogen) atoms. The van der Waals surface area contributed by atoms with Gasteiger partial charge in [-0.3, -0.25) is 10.1 Å². The first kappa shape index (κ1) is 24.7. The van der Waals surface area contributed by atoms with E-state index in [0.717, 1.165) is 5.82 Å². The average molecular weight is 493 g/mol. The van der Waals surface area contributed by atoms with Gasteiger partial charge in [-0.05, 0) is 45.7 Å². The summed E-state index contributed by atoms with van der Waals surface area (Å²) in [6.45, 7) is 6.61. The summed E-state index contributed by atoms with van der Waals surface area (Å²) in [4.78, 5) is 36.6. The van der Waals surface area contributed by atoms with Gasteiger partial charge < -0.3 is 19.7 Å². The molecule has 1 aliphatic heterocycles. The molecule has 0 atom stereocenters. The summed E-state index contributed by atoms with van der Waals surface area (Å²) in [5, 5.41) is 18.9. The number of nitrogens with zero attached hydrogens (tertiary/aromatic N) is 6. The van der Waals surface area contributed by atoms with E-state index in [2.05, 4.69) is 36.7 Å². The quantitative estimate of drug-likeness (QED) is 0.549. The number of hydrogen-bond donors (Lipinski definition) is 2. The molecule has 4 rings (SSSR count). The topological polar surface area (TPSA) is 147 Å². The number of carbonyl (C=O) groups excluding carboxylic acids is 2. The molecular formula is C24H28N8O4. The van der Waals surface area contributed by atoms with Crippen LogP contribution in [0.3, 0.4) is 0 Å². The Kier molecular flexibility index (Phi) is 6.91. The third-order valence-electron chi connectivity index (χ3n) is 5.55. The fourth-order valence-electron chi connectivity index (χ4n) is 3.87. The van der Waals surface area contributed by atoms with Gasteiger partial charge in [0, 0.05) is 37.6 Å². The van der Waals surface area contributed by atoms with E-state index in [1.54, 1.807) is 45.3 Å². The predicted molar refractivity (Wildman–Crippen MR) is 131 cm³/mol. The van der Waals surface area contributed by atoms with Gasteiger partial charge in [0.25, 0.3) is 5.91 Å². The molecule has 1 fully saturated rings. The van der Waals surface area contributed by atoms with Crippen molar-refractivity contribution in [2.45, 2.75) is 45.3 Å². The lowest BCUT2D eigenvalue weighted by atomic mass is 10.0. The van der Waals surface area contributed by atoms with Crippen molar-refractivity contribution < 1.29 is 19.1 Å². The summed E-state index contributed by atoms with van der Waals surface area (Å²) >= 11 is 0. The number of nitrogens with one attached hydrogen (secondary N) is 2. The van der Waals surface area contributed by atoms with Gasteiger partial charge in [-0.2, -0.15) is 10.2 Å². The Bertz CT molecular complexity index is 1300. The second kappa shape index (κ2) is 10.1. The summed E-state index contributed by atoms with van der Waals surface area (Å²) in [6.07, 6.45) is 3.81. The molecule has 0 radical (unpaired) electrons. The van der Waals surface area contributed by atoms with Crippen LogP contribution in [-0.2, 0) is 4.74 Å². The maximum absolute atomic E-state index is 13.4. The van der Waals surface area contributed by atoms with Gasteiger partial charge in [0.2, 0.25) is 5.88 Å². The minimum absolute atomic E-state index is 0.0433. The molecule has 1 saturated heterocycles. The van der Waals surface area contributed by atoms with Crippen LogP contribution in [0.4, 0.5) is 16.4 Å². The van der Waals surface area contributed by atoms with E-state index in [1.807, 2.05) is 6.07 Å². The van der Waals surface area contributed by atoms with Crippen molar-refractivity contribution in [2.24, 2.45) is 0 Å². The average Bonchev–Trinajstić information content (AvgIpc) is 3.20. The third-order valence-corrected chi connectivity index (χ3v) is 5.55. The van der Waals surface area contributed by atoms with Crippen LogP contribution in [0, 0.1) is 11.3 Å². The second-order valence-electron chi connectivity index (χ2n) is 9.34. The Balaban J connectivity index is 1.50. The molecular weight excluding hydrogens is 464 g/mol. The monoisotopic (exact) mass is 492 g/mol. The number of hydrogen-bond acceptors (Lipinski definition) is 9. The highest BCUT2D eigenvalue weighted by Gasteiger charge is 2.28. The van der Waals surface area contributed by atoms with Gasteiger partial charge >= 0.3 is 6.09 Å². The molecule has 3 aromatic heterocycles. The number of aromatic nitrogens is 4. The molecule has 0 spiro atoms. The summed E-state index contributed by atoms with van der Waals surface area (Å²) in [5.74, 6) is 0.735. The zero-order chi connectivity index (χ0) is 25.9.